The Morgan fingerprint density at radius 2 is 2.00 bits per heavy atom. The third kappa shape index (κ3) is 3.34. The Bertz CT molecular complexity index is 722. The first-order valence-corrected chi connectivity index (χ1v) is 8.30. The van der Waals surface area contributed by atoms with Crippen molar-refractivity contribution in [1.82, 2.24) is 14.9 Å². The van der Waals surface area contributed by atoms with E-state index < -0.39 is 0 Å². The summed E-state index contributed by atoms with van der Waals surface area (Å²) in [5.74, 6) is 2.44. The fourth-order valence-electron chi connectivity index (χ4n) is 3.07. The van der Waals surface area contributed by atoms with Crippen LogP contribution < -0.4 is 9.47 Å². The maximum atomic E-state index is 5.87. The number of rotatable bonds is 3. The maximum Gasteiger partial charge on any atom is 0.161 e. The topological polar surface area (TPSA) is 56.7 Å². The van der Waals surface area contributed by atoms with Gasteiger partial charge in [-0.25, -0.2) is 9.97 Å². The van der Waals surface area contributed by atoms with E-state index in [9.17, 15) is 0 Å². The van der Waals surface area contributed by atoms with Gasteiger partial charge in [-0.3, -0.25) is 4.90 Å². The standard InChI is InChI=1S/C18H21N3O3/c1-13-4-5-19-18(20-13)17-12-21(6-7-22-17)11-14-2-3-15-16(10-14)24-9-8-23-15/h2-5,10,17H,6-9,11-12H2,1H3. The number of nitrogens with zero attached hydrogens (tertiary/aromatic N) is 3. The summed E-state index contributed by atoms with van der Waals surface area (Å²) in [6.07, 6.45) is 1.72. The molecule has 1 aromatic heterocycles. The fourth-order valence-corrected chi connectivity index (χ4v) is 3.07. The van der Waals surface area contributed by atoms with E-state index in [2.05, 4.69) is 27.0 Å². The number of hydrogen-bond donors (Lipinski definition) is 0. The Balaban J connectivity index is 1.45. The first-order chi connectivity index (χ1) is 11.8. The van der Waals surface area contributed by atoms with Crippen molar-refractivity contribution in [2.24, 2.45) is 0 Å². The molecule has 2 aliphatic rings. The highest BCUT2D eigenvalue weighted by molar-refractivity contribution is 5.43. The molecule has 1 saturated heterocycles. The van der Waals surface area contributed by atoms with Gasteiger partial charge in [0, 0.05) is 31.5 Å². The maximum absolute atomic E-state index is 5.87. The molecule has 1 aromatic carbocycles. The number of ether oxygens (including phenoxy) is 3. The van der Waals surface area contributed by atoms with Crippen LogP contribution in [-0.4, -0.2) is 47.8 Å². The molecular formula is C18H21N3O3. The number of aryl methyl sites for hydroxylation is 1. The van der Waals surface area contributed by atoms with E-state index in [-0.39, 0.29) is 6.10 Å². The summed E-state index contributed by atoms with van der Waals surface area (Å²) < 4.78 is 17.1. The third-order valence-electron chi connectivity index (χ3n) is 4.26. The number of hydrogen-bond acceptors (Lipinski definition) is 6. The Morgan fingerprint density at radius 1 is 1.12 bits per heavy atom. The predicted octanol–water partition coefficient (Wildman–Crippen LogP) is 2.13. The van der Waals surface area contributed by atoms with Gasteiger partial charge in [0.1, 0.15) is 19.3 Å². The molecule has 24 heavy (non-hydrogen) atoms. The molecule has 126 valence electrons. The van der Waals surface area contributed by atoms with E-state index in [0.29, 0.717) is 19.8 Å². The Kier molecular flexibility index (Phi) is 4.32. The first kappa shape index (κ1) is 15.4. The van der Waals surface area contributed by atoms with E-state index in [1.807, 2.05) is 19.1 Å². The molecule has 2 aliphatic heterocycles. The molecule has 0 N–H and O–H groups in total. The van der Waals surface area contributed by atoms with E-state index in [1.54, 1.807) is 6.20 Å². The molecule has 0 bridgehead atoms. The lowest BCUT2D eigenvalue weighted by Crippen LogP contribution is -2.38. The molecule has 1 atom stereocenters. The molecule has 6 heteroatoms. The van der Waals surface area contributed by atoms with E-state index in [4.69, 9.17) is 14.2 Å². The minimum Gasteiger partial charge on any atom is -0.486 e. The van der Waals surface area contributed by atoms with Crippen molar-refractivity contribution in [3.8, 4) is 11.5 Å². The smallest absolute Gasteiger partial charge is 0.161 e. The minimum absolute atomic E-state index is 0.0733. The Hall–Kier alpha value is -2.18. The lowest BCUT2D eigenvalue weighted by molar-refractivity contribution is -0.0373. The second-order valence-electron chi connectivity index (χ2n) is 6.13. The fraction of sp³-hybridized carbons (Fsp3) is 0.444. The van der Waals surface area contributed by atoms with Gasteiger partial charge in [-0.15, -0.1) is 0 Å². The number of aromatic nitrogens is 2. The summed E-state index contributed by atoms with van der Waals surface area (Å²) in [5, 5.41) is 0. The van der Waals surface area contributed by atoms with Gasteiger partial charge in [-0.2, -0.15) is 0 Å². The molecular weight excluding hydrogens is 306 g/mol. The lowest BCUT2D eigenvalue weighted by atomic mass is 10.1. The second kappa shape index (κ2) is 6.75. The van der Waals surface area contributed by atoms with Crippen LogP contribution >= 0.6 is 0 Å². The largest absolute Gasteiger partial charge is 0.486 e. The van der Waals surface area contributed by atoms with Crippen LogP contribution in [0.5, 0.6) is 11.5 Å². The number of morpholine rings is 1. The van der Waals surface area contributed by atoms with Gasteiger partial charge in [0.2, 0.25) is 0 Å². The predicted molar refractivity (Wildman–Crippen MR) is 88.2 cm³/mol. The van der Waals surface area contributed by atoms with Gasteiger partial charge in [-0.1, -0.05) is 6.07 Å². The molecule has 0 spiro atoms. The van der Waals surface area contributed by atoms with Gasteiger partial charge in [0.05, 0.1) is 6.61 Å². The van der Waals surface area contributed by atoms with Crippen molar-refractivity contribution in [1.29, 1.82) is 0 Å². The normalized spacial score (nSPS) is 20.8. The molecule has 1 unspecified atom stereocenters. The third-order valence-corrected chi connectivity index (χ3v) is 4.26. The molecule has 2 aromatic rings. The lowest BCUT2D eigenvalue weighted by Gasteiger charge is -2.32. The highest BCUT2D eigenvalue weighted by atomic mass is 16.6. The molecule has 6 nitrogen and oxygen atoms in total. The summed E-state index contributed by atoms with van der Waals surface area (Å²) in [7, 11) is 0. The van der Waals surface area contributed by atoms with Crippen molar-refractivity contribution in [2.75, 3.05) is 32.9 Å². The van der Waals surface area contributed by atoms with E-state index >= 15 is 0 Å². The van der Waals surface area contributed by atoms with Crippen molar-refractivity contribution in [3.05, 3.63) is 47.5 Å². The van der Waals surface area contributed by atoms with Crippen LogP contribution in [0.1, 0.15) is 23.2 Å². The van der Waals surface area contributed by atoms with E-state index in [0.717, 1.165) is 42.7 Å². The van der Waals surface area contributed by atoms with Crippen molar-refractivity contribution in [2.45, 2.75) is 19.6 Å². The van der Waals surface area contributed by atoms with Crippen LogP contribution in [0, 0.1) is 6.92 Å². The summed E-state index contributed by atoms with van der Waals surface area (Å²) >= 11 is 0. The zero-order chi connectivity index (χ0) is 16.4. The van der Waals surface area contributed by atoms with Gasteiger partial charge >= 0.3 is 0 Å². The summed E-state index contributed by atoms with van der Waals surface area (Å²) in [6.45, 7) is 6.43. The first-order valence-electron chi connectivity index (χ1n) is 8.30. The molecule has 0 amide bonds. The number of fused-ring (bicyclic) bond motifs is 1. The molecule has 0 radical (unpaired) electrons. The second-order valence-corrected chi connectivity index (χ2v) is 6.13. The van der Waals surface area contributed by atoms with Crippen molar-refractivity contribution in [3.63, 3.8) is 0 Å². The average molecular weight is 327 g/mol. The SMILES string of the molecule is Cc1ccnc(C2CN(Cc3ccc4c(c3)OCCO4)CCO2)n1. The van der Waals surface area contributed by atoms with Crippen LogP contribution in [0.15, 0.2) is 30.5 Å². The number of benzene rings is 1. The molecule has 4 rings (SSSR count). The molecule has 0 aliphatic carbocycles. The Labute approximate surface area is 141 Å². The monoisotopic (exact) mass is 327 g/mol. The molecule has 0 saturated carbocycles. The van der Waals surface area contributed by atoms with Crippen LogP contribution in [0.2, 0.25) is 0 Å². The van der Waals surface area contributed by atoms with Crippen molar-refractivity contribution < 1.29 is 14.2 Å². The van der Waals surface area contributed by atoms with Crippen LogP contribution in [0.25, 0.3) is 0 Å². The zero-order valence-corrected chi connectivity index (χ0v) is 13.8. The summed E-state index contributed by atoms with van der Waals surface area (Å²) in [6, 6.07) is 8.06. The Morgan fingerprint density at radius 3 is 2.88 bits per heavy atom. The van der Waals surface area contributed by atoms with Crippen molar-refractivity contribution >= 4 is 0 Å². The minimum atomic E-state index is -0.0733. The zero-order valence-electron chi connectivity index (χ0n) is 13.8. The summed E-state index contributed by atoms with van der Waals surface area (Å²) in [4.78, 5) is 11.2. The van der Waals surface area contributed by atoms with Gasteiger partial charge in [-0.05, 0) is 30.7 Å². The van der Waals surface area contributed by atoms with E-state index in [1.165, 1.54) is 5.56 Å². The van der Waals surface area contributed by atoms with Crippen LogP contribution in [0.3, 0.4) is 0 Å². The van der Waals surface area contributed by atoms with Crippen LogP contribution in [-0.2, 0) is 11.3 Å². The van der Waals surface area contributed by atoms with Gasteiger partial charge in [0.25, 0.3) is 0 Å². The molecule has 1 fully saturated rings. The molecule has 3 heterocycles. The highest BCUT2D eigenvalue weighted by Crippen LogP contribution is 2.31. The quantitative estimate of drug-likeness (QED) is 0.861. The van der Waals surface area contributed by atoms with Gasteiger partial charge < -0.3 is 14.2 Å². The van der Waals surface area contributed by atoms with Gasteiger partial charge in [0.15, 0.2) is 17.3 Å². The summed E-state index contributed by atoms with van der Waals surface area (Å²) in [5.41, 5.74) is 2.18. The van der Waals surface area contributed by atoms with Crippen LogP contribution in [0.4, 0.5) is 0 Å². The average Bonchev–Trinajstić information content (AvgIpc) is 2.62. The highest BCUT2D eigenvalue weighted by Gasteiger charge is 2.24.